The average Bonchev–Trinajstić information content (AvgIpc) is 3.14. The number of ether oxygens (including phenoxy) is 2. The molecule has 0 heterocycles. The van der Waals surface area contributed by atoms with Crippen LogP contribution in [0.3, 0.4) is 0 Å². The van der Waals surface area contributed by atoms with Crippen molar-refractivity contribution in [1.82, 2.24) is 0 Å². The number of hydrogen-bond donors (Lipinski definition) is 1. The molecule has 0 saturated heterocycles. The topological polar surface area (TPSA) is 124 Å². The third kappa shape index (κ3) is 4.79. The Morgan fingerprint density at radius 3 is 2.20 bits per heavy atom. The van der Waals surface area contributed by atoms with Crippen LogP contribution in [0.2, 0.25) is 0 Å². The van der Waals surface area contributed by atoms with Crippen LogP contribution in [-0.2, 0) is 33.4 Å². The molecular weight excluding hydrogens is 524 g/mol. The monoisotopic (exact) mass is 570 g/mol. The molecule has 0 aromatic rings. The van der Waals surface area contributed by atoms with Crippen molar-refractivity contribution in [1.29, 1.82) is 0 Å². The lowest BCUT2D eigenvalue weighted by molar-refractivity contribution is -0.219. The molecule has 0 unspecified atom stereocenters. The molecule has 4 aliphatic carbocycles. The third-order valence-electron chi connectivity index (χ3n) is 11.5. The summed E-state index contributed by atoms with van der Waals surface area (Å²) in [6, 6.07) is 0. The number of carbonyl (C=O) groups is 5. The van der Waals surface area contributed by atoms with Crippen molar-refractivity contribution >= 4 is 29.5 Å². The molecule has 0 amide bonds. The quantitative estimate of drug-likeness (QED) is 0.248. The number of carbonyl (C=O) groups excluding carboxylic acids is 4. The number of ketones is 2. The molecule has 1 N–H and O–H groups in total. The Bertz CT molecular complexity index is 1220. The van der Waals surface area contributed by atoms with E-state index in [2.05, 4.69) is 6.92 Å². The summed E-state index contributed by atoms with van der Waals surface area (Å²) < 4.78 is 11.6. The van der Waals surface area contributed by atoms with Crippen molar-refractivity contribution < 1.29 is 38.6 Å². The molecule has 0 spiro atoms. The van der Waals surface area contributed by atoms with Gasteiger partial charge in [-0.2, -0.15) is 0 Å². The number of carboxylic acids is 1. The van der Waals surface area contributed by atoms with Crippen molar-refractivity contribution in [3.05, 3.63) is 22.8 Å². The second kappa shape index (κ2) is 10.8. The number of carboxylic acid groups (broad SMARTS) is 1. The van der Waals surface area contributed by atoms with Crippen molar-refractivity contribution in [3.8, 4) is 0 Å². The highest BCUT2D eigenvalue weighted by atomic mass is 16.5. The van der Waals surface area contributed by atoms with Gasteiger partial charge >= 0.3 is 17.9 Å². The van der Waals surface area contributed by atoms with Crippen LogP contribution in [0.1, 0.15) is 100 Å². The fraction of sp³-hybridized carbons (Fsp3) is 0.727. The first-order valence-corrected chi connectivity index (χ1v) is 15.0. The lowest BCUT2D eigenvalue weighted by Gasteiger charge is -2.67. The molecule has 0 aromatic heterocycles. The number of allylic oxidation sites excluding steroid dienone is 2. The predicted octanol–water partition coefficient (Wildman–Crippen LogP) is 5.62. The fourth-order valence-corrected chi connectivity index (χ4v) is 9.64. The number of hydrogen-bond acceptors (Lipinski definition) is 7. The van der Waals surface area contributed by atoms with Gasteiger partial charge in [-0.15, -0.1) is 0 Å². The Labute approximate surface area is 243 Å². The molecule has 4 fully saturated rings. The van der Waals surface area contributed by atoms with Crippen LogP contribution < -0.4 is 0 Å². The van der Waals surface area contributed by atoms with Crippen LogP contribution in [0.5, 0.6) is 0 Å². The molecule has 9 atom stereocenters. The highest BCUT2D eigenvalue weighted by Gasteiger charge is 2.74. The van der Waals surface area contributed by atoms with Crippen LogP contribution >= 0.6 is 0 Å². The largest absolute Gasteiger partial charge is 0.478 e. The Morgan fingerprint density at radius 1 is 1.00 bits per heavy atom. The van der Waals surface area contributed by atoms with Gasteiger partial charge in [0.15, 0.2) is 11.9 Å². The minimum Gasteiger partial charge on any atom is -0.478 e. The number of fused-ring (bicyclic) bond motifs is 5. The highest BCUT2D eigenvalue weighted by molar-refractivity contribution is 5.95. The van der Waals surface area contributed by atoms with Gasteiger partial charge in [0.05, 0.1) is 0 Å². The van der Waals surface area contributed by atoms with Crippen LogP contribution in [-0.4, -0.2) is 46.8 Å². The summed E-state index contributed by atoms with van der Waals surface area (Å²) in [6.07, 6.45) is 3.66. The zero-order valence-corrected chi connectivity index (χ0v) is 25.8. The predicted molar refractivity (Wildman–Crippen MR) is 151 cm³/mol. The maximum absolute atomic E-state index is 14.8. The SMILES string of the molecule is CC(=O)O[C@H]1C[C@@]2(C)[C@@H](CC[C@H]3[C@@]4(C)CCC(=O)[C@@H](C)[C@@H]4[C@H](OC(C)=O)C(=O)[C@@]32C)C1=C(CCC=C(C)C)C(=O)O. The molecule has 4 rings (SSSR count). The summed E-state index contributed by atoms with van der Waals surface area (Å²) >= 11 is 0. The molecule has 0 aliphatic heterocycles. The fourth-order valence-electron chi connectivity index (χ4n) is 9.64. The standard InChI is InChI=1S/C33H46O8/c1-17(2)10-9-11-21(30(38)39)26-22-12-13-25-31(6)15-14-23(36)18(3)27(31)28(41-20(5)35)29(37)33(25,8)32(22,7)16-24(26)40-19(4)34/h10,18,22,24-25,27-28H,9,11-16H2,1-8H3,(H,38,39)/t18-,22+,24+,25+,27-,28+,31-,32+,33-/m1/s1. The number of esters is 2. The third-order valence-corrected chi connectivity index (χ3v) is 11.5. The molecule has 4 saturated carbocycles. The molecule has 8 heteroatoms. The maximum Gasteiger partial charge on any atom is 0.331 e. The minimum atomic E-state index is -1.06. The van der Waals surface area contributed by atoms with Gasteiger partial charge in [-0.1, -0.05) is 39.3 Å². The Balaban J connectivity index is 1.91. The first-order chi connectivity index (χ1) is 19.0. The number of rotatable bonds is 6. The van der Waals surface area contributed by atoms with Crippen LogP contribution in [0.15, 0.2) is 22.8 Å². The number of Topliss-reactive ketones (excluding diaryl/α,β-unsaturated/α-hetero) is 2. The van der Waals surface area contributed by atoms with Crippen LogP contribution in [0.4, 0.5) is 0 Å². The van der Waals surface area contributed by atoms with Gasteiger partial charge in [-0.05, 0) is 80.6 Å². The highest BCUT2D eigenvalue weighted by Crippen LogP contribution is 2.73. The molecule has 0 bridgehead atoms. The lowest BCUT2D eigenvalue weighted by Crippen LogP contribution is -2.70. The normalized spacial score (nSPS) is 41.0. The summed E-state index contributed by atoms with van der Waals surface area (Å²) in [6.45, 7) is 14.5. The lowest BCUT2D eigenvalue weighted by atomic mass is 9.36. The zero-order valence-electron chi connectivity index (χ0n) is 25.8. The average molecular weight is 571 g/mol. The van der Waals surface area contributed by atoms with Gasteiger partial charge in [0, 0.05) is 43.1 Å². The Kier molecular flexibility index (Phi) is 8.22. The first kappa shape index (κ1) is 31.2. The van der Waals surface area contributed by atoms with E-state index in [1.165, 1.54) is 13.8 Å². The van der Waals surface area contributed by atoms with Gasteiger partial charge in [-0.3, -0.25) is 19.2 Å². The maximum atomic E-state index is 14.8. The van der Waals surface area contributed by atoms with E-state index in [9.17, 15) is 29.1 Å². The van der Waals surface area contributed by atoms with E-state index in [1.807, 2.05) is 40.7 Å². The number of aliphatic carboxylic acids is 1. The van der Waals surface area contributed by atoms with Gasteiger partial charge < -0.3 is 14.6 Å². The van der Waals surface area contributed by atoms with E-state index < -0.39 is 58.2 Å². The molecule has 4 aliphatic rings. The minimum absolute atomic E-state index is 0.0874. The summed E-state index contributed by atoms with van der Waals surface area (Å²) in [5.74, 6) is -3.44. The van der Waals surface area contributed by atoms with E-state index in [4.69, 9.17) is 9.47 Å². The zero-order chi connectivity index (χ0) is 30.7. The molecule has 41 heavy (non-hydrogen) atoms. The van der Waals surface area contributed by atoms with Crippen molar-refractivity contribution in [2.45, 2.75) is 113 Å². The van der Waals surface area contributed by atoms with Crippen molar-refractivity contribution in [3.63, 3.8) is 0 Å². The molecule has 0 aromatic carbocycles. The van der Waals surface area contributed by atoms with Gasteiger partial charge in [0.1, 0.15) is 11.9 Å². The van der Waals surface area contributed by atoms with Crippen LogP contribution in [0.25, 0.3) is 0 Å². The second-order valence-corrected chi connectivity index (χ2v) is 13.8. The van der Waals surface area contributed by atoms with E-state index in [0.29, 0.717) is 50.5 Å². The Morgan fingerprint density at radius 2 is 1.63 bits per heavy atom. The van der Waals surface area contributed by atoms with Gasteiger partial charge in [-0.25, -0.2) is 4.79 Å². The van der Waals surface area contributed by atoms with Crippen molar-refractivity contribution in [2.75, 3.05) is 0 Å². The molecular formula is C33H46O8. The van der Waals surface area contributed by atoms with Gasteiger partial charge in [0.25, 0.3) is 0 Å². The van der Waals surface area contributed by atoms with Crippen LogP contribution in [0, 0.1) is 39.9 Å². The van der Waals surface area contributed by atoms with E-state index in [0.717, 1.165) is 5.57 Å². The molecule has 0 radical (unpaired) electrons. The smallest absolute Gasteiger partial charge is 0.331 e. The molecule has 8 nitrogen and oxygen atoms in total. The van der Waals surface area contributed by atoms with E-state index >= 15 is 0 Å². The summed E-state index contributed by atoms with van der Waals surface area (Å²) in [4.78, 5) is 65.0. The van der Waals surface area contributed by atoms with E-state index in [-0.39, 0.29) is 29.0 Å². The summed E-state index contributed by atoms with van der Waals surface area (Å²) in [5, 5.41) is 10.4. The molecule has 226 valence electrons. The van der Waals surface area contributed by atoms with Crippen molar-refractivity contribution in [2.24, 2.45) is 39.9 Å². The van der Waals surface area contributed by atoms with E-state index in [1.54, 1.807) is 0 Å². The summed E-state index contributed by atoms with van der Waals surface area (Å²) in [5.41, 5.74) is -0.222. The second-order valence-electron chi connectivity index (χ2n) is 13.8. The first-order valence-electron chi connectivity index (χ1n) is 15.0. The summed E-state index contributed by atoms with van der Waals surface area (Å²) in [7, 11) is 0. The van der Waals surface area contributed by atoms with Gasteiger partial charge in [0.2, 0.25) is 0 Å². The Hall–Kier alpha value is -2.77.